The van der Waals surface area contributed by atoms with Gasteiger partial charge in [0.15, 0.2) is 0 Å². The molecule has 0 aliphatic carbocycles. The number of amidine groups is 1. The molecule has 1 amide bonds. The fourth-order valence-electron chi connectivity index (χ4n) is 3.00. The average Bonchev–Trinajstić information content (AvgIpc) is 3.16. The van der Waals surface area contributed by atoms with Gasteiger partial charge in [-0.2, -0.15) is 0 Å². The van der Waals surface area contributed by atoms with Crippen LogP contribution in [0.3, 0.4) is 0 Å². The molecule has 0 fully saturated rings. The highest BCUT2D eigenvalue weighted by molar-refractivity contribution is 7.90. The van der Waals surface area contributed by atoms with E-state index in [1.165, 1.54) is 18.2 Å². The van der Waals surface area contributed by atoms with Crippen molar-refractivity contribution in [1.82, 2.24) is 9.62 Å². The number of nitrogens with zero attached hydrogens (tertiary/aromatic N) is 2. The van der Waals surface area contributed by atoms with Gasteiger partial charge in [0.05, 0.1) is 11.4 Å². The van der Waals surface area contributed by atoms with Crippen molar-refractivity contribution in [3.63, 3.8) is 0 Å². The molecular weight excluding hydrogens is 395 g/mol. The molecule has 29 heavy (non-hydrogen) atoms. The zero-order valence-electron chi connectivity index (χ0n) is 16.1. The largest absolute Gasteiger partial charge is 0.325 e. The van der Waals surface area contributed by atoms with Crippen molar-refractivity contribution in [2.24, 2.45) is 4.99 Å². The van der Waals surface area contributed by atoms with Crippen LogP contribution in [0.25, 0.3) is 0 Å². The lowest BCUT2D eigenvalue weighted by atomic mass is 10.2. The maximum absolute atomic E-state index is 13.7. The molecule has 0 saturated heterocycles. The number of aliphatic imine (C=N–C) groups is 1. The first-order chi connectivity index (χ1) is 13.8. The lowest BCUT2D eigenvalue weighted by Crippen LogP contribution is -2.30. The molecule has 3 rings (SSSR count). The van der Waals surface area contributed by atoms with E-state index in [2.05, 4.69) is 15.0 Å². The molecule has 0 saturated carbocycles. The van der Waals surface area contributed by atoms with E-state index in [1.807, 2.05) is 0 Å². The first-order valence-electron chi connectivity index (χ1n) is 9.21. The molecule has 1 aliphatic heterocycles. The molecule has 0 atom stereocenters. The Hall–Kier alpha value is -2.78. The Morgan fingerprint density at radius 1 is 1.21 bits per heavy atom. The second-order valence-electron chi connectivity index (χ2n) is 6.88. The molecule has 1 heterocycles. The molecular formula is C20H23FN4O3S. The number of amides is 1. The van der Waals surface area contributed by atoms with Crippen molar-refractivity contribution in [1.29, 1.82) is 0 Å². The Morgan fingerprint density at radius 2 is 2.00 bits per heavy atom. The van der Waals surface area contributed by atoms with Crippen LogP contribution < -0.4 is 10.0 Å². The second-order valence-corrected chi connectivity index (χ2v) is 8.56. The summed E-state index contributed by atoms with van der Waals surface area (Å²) in [7, 11) is -2.05. The number of hydrogen-bond donors (Lipinski definition) is 2. The van der Waals surface area contributed by atoms with E-state index in [0.717, 1.165) is 6.42 Å². The number of carbonyl (C=O) groups excluding carboxylic acids is 1. The van der Waals surface area contributed by atoms with Crippen LogP contribution in [-0.2, 0) is 21.4 Å². The minimum absolute atomic E-state index is 0.0281. The Morgan fingerprint density at radius 3 is 2.72 bits per heavy atom. The molecule has 2 N–H and O–H groups in total. The summed E-state index contributed by atoms with van der Waals surface area (Å²) >= 11 is 0. The highest BCUT2D eigenvalue weighted by Crippen LogP contribution is 2.17. The van der Waals surface area contributed by atoms with E-state index >= 15 is 0 Å². The number of halogens is 1. The van der Waals surface area contributed by atoms with Gasteiger partial charge in [0.2, 0.25) is 5.91 Å². The Labute approximate surface area is 169 Å². The Balaban J connectivity index is 1.60. The number of benzene rings is 2. The van der Waals surface area contributed by atoms with E-state index in [1.54, 1.807) is 42.3 Å². The van der Waals surface area contributed by atoms with E-state index in [0.29, 0.717) is 30.1 Å². The Kier molecular flexibility index (Phi) is 6.60. The molecule has 1 aliphatic rings. The summed E-state index contributed by atoms with van der Waals surface area (Å²) in [4.78, 5) is 18.1. The summed E-state index contributed by atoms with van der Waals surface area (Å²) < 4.78 is 41.2. The van der Waals surface area contributed by atoms with Gasteiger partial charge in [0, 0.05) is 30.8 Å². The lowest BCUT2D eigenvalue weighted by Gasteiger charge is -2.17. The van der Waals surface area contributed by atoms with Crippen molar-refractivity contribution in [2.75, 3.05) is 25.5 Å². The molecule has 2 aromatic carbocycles. The van der Waals surface area contributed by atoms with Crippen LogP contribution >= 0.6 is 0 Å². The highest BCUT2D eigenvalue weighted by atomic mass is 32.2. The van der Waals surface area contributed by atoms with Gasteiger partial charge in [-0.1, -0.05) is 24.3 Å². The fourth-order valence-corrected chi connectivity index (χ4v) is 4.13. The minimum Gasteiger partial charge on any atom is -0.325 e. The maximum atomic E-state index is 13.7. The molecule has 154 valence electrons. The summed E-state index contributed by atoms with van der Waals surface area (Å²) in [6.45, 7) is 0.926. The Bertz CT molecular complexity index is 1020. The van der Waals surface area contributed by atoms with Crippen molar-refractivity contribution < 1.29 is 17.6 Å². The third kappa shape index (κ3) is 5.85. The number of anilines is 1. The summed E-state index contributed by atoms with van der Waals surface area (Å²) in [6.07, 6.45) is 1.43. The highest BCUT2D eigenvalue weighted by Gasteiger charge is 2.19. The average molecular weight is 418 g/mol. The standard InChI is InChI=1S/C20H23FN4O3S/c1-25(13-15-6-2-3-9-18(15)21)14-20(26)23-16-7-4-8-17(12-16)29(27,28)24-19-10-5-11-22-19/h2-4,6-9,12H,5,10-11,13-14H2,1H3,(H,22,24)(H,23,26). The van der Waals surface area contributed by atoms with Gasteiger partial charge >= 0.3 is 0 Å². The number of sulfonamides is 1. The first kappa shape index (κ1) is 20.9. The third-order valence-electron chi connectivity index (χ3n) is 4.37. The third-order valence-corrected chi connectivity index (χ3v) is 5.75. The van der Waals surface area contributed by atoms with Gasteiger partial charge in [-0.05, 0) is 37.7 Å². The van der Waals surface area contributed by atoms with Crippen LogP contribution in [0.15, 0.2) is 58.4 Å². The molecule has 0 unspecified atom stereocenters. The van der Waals surface area contributed by atoms with Gasteiger partial charge in [0.25, 0.3) is 10.0 Å². The predicted molar refractivity (Wildman–Crippen MR) is 110 cm³/mol. The van der Waals surface area contributed by atoms with Crippen LogP contribution in [0, 0.1) is 5.82 Å². The number of carbonyl (C=O) groups is 1. The SMILES string of the molecule is CN(CC(=O)Nc1cccc(S(=O)(=O)NC2=NCCC2)c1)Cc1ccccc1F. The summed E-state index contributed by atoms with van der Waals surface area (Å²) in [5, 5.41) is 2.68. The molecule has 9 heteroatoms. The van der Waals surface area contributed by atoms with E-state index in [4.69, 9.17) is 0 Å². The quantitative estimate of drug-likeness (QED) is 0.722. The van der Waals surface area contributed by atoms with E-state index in [9.17, 15) is 17.6 Å². The molecule has 2 aromatic rings. The fraction of sp³-hybridized carbons (Fsp3) is 0.300. The van der Waals surface area contributed by atoms with Gasteiger partial charge in [-0.3, -0.25) is 19.4 Å². The molecule has 0 bridgehead atoms. The first-order valence-corrected chi connectivity index (χ1v) is 10.7. The van der Waals surface area contributed by atoms with Gasteiger partial charge in [-0.15, -0.1) is 0 Å². The number of hydrogen-bond acceptors (Lipinski definition) is 5. The zero-order valence-corrected chi connectivity index (χ0v) is 16.9. The topological polar surface area (TPSA) is 90.9 Å². The predicted octanol–water partition coefficient (Wildman–Crippen LogP) is 2.37. The van der Waals surface area contributed by atoms with Crippen molar-refractivity contribution in [3.05, 3.63) is 59.9 Å². The maximum Gasteiger partial charge on any atom is 0.262 e. The normalized spacial score (nSPS) is 14.0. The van der Waals surface area contributed by atoms with Crippen LogP contribution in [0.1, 0.15) is 18.4 Å². The minimum atomic E-state index is -3.75. The lowest BCUT2D eigenvalue weighted by molar-refractivity contribution is -0.117. The molecule has 0 spiro atoms. The smallest absolute Gasteiger partial charge is 0.262 e. The van der Waals surface area contributed by atoms with Crippen LogP contribution in [-0.4, -0.2) is 45.2 Å². The van der Waals surface area contributed by atoms with Gasteiger partial charge < -0.3 is 5.32 Å². The van der Waals surface area contributed by atoms with Crippen LogP contribution in [0.4, 0.5) is 10.1 Å². The second kappa shape index (κ2) is 9.15. The number of nitrogens with one attached hydrogen (secondary N) is 2. The number of rotatable bonds is 7. The van der Waals surface area contributed by atoms with Crippen LogP contribution in [0.5, 0.6) is 0 Å². The summed E-state index contributed by atoms with van der Waals surface area (Å²) in [5.41, 5.74) is 0.863. The molecule has 7 nitrogen and oxygen atoms in total. The molecule has 0 radical (unpaired) electrons. The zero-order chi connectivity index (χ0) is 20.9. The van der Waals surface area contributed by atoms with E-state index < -0.39 is 10.0 Å². The van der Waals surface area contributed by atoms with Crippen LogP contribution in [0.2, 0.25) is 0 Å². The summed E-state index contributed by atoms with van der Waals surface area (Å²) in [5.74, 6) is -0.197. The van der Waals surface area contributed by atoms with Crippen molar-refractivity contribution in [2.45, 2.75) is 24.3 Å². The number of likely N-dealkylation sites (N-methyl/N-ethyl adjacent to an activating group) is 1. The van der Waals surface area contributed by atoms with Crippen molar-refractivity contribution >= 4 is 27.5 Å². The van der Waals surface area contributed by atoms with Crippen molar-refractivity contribution in [3.8, 4) is 0 Å². The monoisotopic (exact) mass is 418 g/mol. The molecule has 0 aromatic heterocycles. The summed E-state index contributed by atoms with van der Waals surface area (Å²) in [6, 6.07) is 12.4. The van der Waals surface area contributed by atoms with Gasteiger partial charge in [0.1, 0.15) is 11.7 Å². The van der Waals surface area contributed by atoms with E-state index in [-0.39, 0.29) is 29.7 Å². The van der Waals surface area contributed by atoms with Gasteiger partial charge in [-0.25, -0.2) is 12.8 Å².